The molecule has 0 N–H and O–H groups in total. The van der Waals surface area contributed by atoms with Crippen LogP contribution in [0.1, 0.15) is 61.3 Å². The predicted octanol–water partition coefficient (Wildman–Crippen LogP) is 4.54. The zero-order valence-electron chi connectivity index (χ0n) is 22.1. The van der Waals surface area contributed by atoms with Crippen LogP contribution in [0.5, 0.6) is 5.88 Å². The first-order valence-corrected chi connectivity index (χ1v) is 11.9. The van der Waals surface area contributed by atoms with E-state index in [4.69, 9.17) is 19.2 Å². The smallest absolute Gasteiger partial charge is 0.435 e. The maximum atomic E-state index is 12.4. The quantitative estimate of drug-likeness (QED) is 0.515. The molecule has 4 rings (SSSR count). The van der Waals surface area contributed by atoms with Gasteiger partial charge in [-0.3, -0.25) is 0 Å². The van der Waals surface area contributed by atoms with Gasteiger partial charge in [-0.15, -0.1) is 0 Å². The molecule has 3 heterocycles. The highest BCUT2D eigenvalue weighted by atomic mass is 16.6. The van der Waals surface area contributed by atoms with Crippen LogP contribution in [-0.2, 0) is 9.47 Å². The topological polar surface area (TPSA) is 113 Å². The van der Waals surface area contributed by atoms with Crippen LogP contribution in [0.3, 0.4) is 0 Å². The summed E-state index contributed by atoms with van der Waals surface area (Å²) >= 11 is 0. The van der Waals surface area contributed by atoms with E-state index in [1.807, 2.05) is 33.8 Å². The van der Waals surface area contributed by atoms with Crippen LogP contribution < -0.4 is 4.74 Å². The number of ether oxygens (including phenoxy) is 3. The SMILES string of the molecule is CN(C(=O)OC(C)(C)C)[C@H]1C[C@@](C)(Oc2nc(-c3cnn(C(=O)OC(C)(C)C)c3)cn3nccc23)C1. The standard InChI is InChI=1S/C25H34N6O5/c1-23(2,3)35-21(32)29(8)17-11-25(7,12-17)34-20-19-9-10-26-30(19)15-18(28-20)16-13-27-31(14-16)22(33)36-24(4,5)6/h9-10,13-15,17H,11-12H2,1-8H3/t17-,25+. The second-order valence-electron chi connectivity index (χ2n) is 11.5. The number of aromatic nitrogens is 5. The van der Waals surface area contributed by atoms with Crippen molar-refractivity contribution in [1.29, 1.82) is 0 Å². The fraction of sp³-hybridized carbons (Fsp3) is 0.560. The summed E-state index contributed by atoms with van der Waals surface area (Å²) in [6.45, 7) is 12.9. The Bertz CT molecular complexity index is 1280. The van der Waals surface area contributed by atoms with Crippen LogP contribution in [-0.4, -0.2) is 71.4 Å². The highest BCUT2D eigenvalue weighted by Gasteiger charge is 2.47. The van der Waals surface area contributed by atoms with E-state index in [0.29, 0.717) is 35.5 Å². The second kappa shape index (κ2) is 8.79. The van der Waals surface area contributed by atoms with Crippen LogP contribution in [0.4, 0.5) is 9.59 Å². The first-order valence-electron chi connectivity index (χ1n) is 11.9. The number of carbonyl (C=O) groups is 2. The number of rotatable bonds is 4. The Kier molecular flexibility index (Phi) is 6.22. The van der Waals surface area contributed by atoms with Crippen molar-refractivity contribution in [2.45, 2.75) is 84.2 Å². The fourth-order valence-corrected chi connectivity index (χ4v) is 3.99. The summed E-state index contributed by atoms with van der Waals surface area (Å²) in [6, 6.07) is 1.82. The minimum Gasteiger partial charge on any atom is -0.470 e. The third-order valence-corrected chi connectivity index (χ3v) is 5.72. The van der Waals surface area contributed by atoms with E-state index in [1.165, 1.54) is 0 Å². The molecule has 1 aliphatic rings. The average molecular weight is 499 g/mol. The molecule has 3 aromatic heterocycles. The summed E-state index contributed by atoms with van der Waals surface area (Å²) in [7, 11) is 1.74. The minimum atomic E-state index is -0.635. The van der Waals surface area contributed by atoms with Gasteiger partial charge in [-0.05, 0) is 54.5 Å². The molecule has 36 heavy (non-hydrogen) atoms. The van der Waals surface area contributed by atoms with E-state index in [9.17, 15) is 9.59 Å². The molecule has 1 saturated carbocycles. The summed E-state index contributed by atoms with van der Waals surface area (Å²) < 4.78 is 20.1. The minimum absolute atomic E-state index is 0.000949. The Hall–Kier alpha value is -3.63. The molecule has 0 aromatic carbocycles. The average Bonchev–Trinajstić information content (AvgIpc) is 3.38. The van der Waals surface area contributed by atoms with E-state index in [0.717, 1.165) is 4.68 Å². The fourth-order valence-electron chi connectivity index (χ4n) is 3.99. The molecule has 11 heteroatoms. The summed E-state index contributed by atoms with van der Waals surface area (Å²) in [5.41, 5.74) is 0.167. The maximum absolute atomic E-state index is 12.4. The number of nitrogens with zero attached hydrogens (tertiary/aromatic N) is 6. The number of hydrogen-bond donors (Lipinski definition) is 0. The van der Waals surface area contributed by atoms with Gasteiger partial charge in [-0.25, -0.2) is 19.1 Å². The lowest BCUT2D eigenvalue weighted by Crippen LogP contribution is -2.57. The van der Waals surface area contributed by atoms with Crippen LogP contribution in [0.15, 0.2) is 30.9 Å². The first kappa shape index (κ1) is 25.5. The Morgan fingerprint density at radius 1 is 1.06 bits per heavy atom. The van der Waals surface area contributed by atoms with Crippen molar-refractivity contribution in [2.24, 2.45) is 0 Å². The summed E-state index contributed by atoms with van der Waals surface area (Å²) in [4.78, 5) is 31.1. The van der Waals surface area contributed by atoms with E-state index >= 15 is 0 Å². The molecule has 1 amide bonds. The number of fused-ring (bicyclic) bond motifs is 1. The van der Waals surface area contributed by atoms with Gasteiger partial charge in [-0.2, -0.15) is 14.9 Å². The Labute approximate surface area is 210 Å². The lowest BCUT2D eigenvalue weighted by Gasteiger charge is -2.48. The summed E-state index contributed by atoms with van der Waals surface area (Å²) in [5.74, 6) is 0.413. The Morgan fingerprint density at radius 3 is 2.36 bits per heavy atom. The summed E-state index contributed by atoms with van der Waals surface area (Å²) in [5, 5.41) is 8.47. The van der Waals surface area contributed by atoms with E-state index in [-0.39, 0.29) is 12.1 Å². The van der Waals surface area contributed by atoms with Crippen molar-refractivity contribution >= 4 is 17.7 Å². The van der Waals surface area contributed by atoms with E-state index < -0.39 is 22.9 Å². The molecule has 0 aliphatic heterocycles. The molecule has 0 atom stereocenters. The Morgan fingerprint density at radius 2 is 1.72 bits per heavy atom. The van der Waals surface area contributed by atoms with Gasteiger partial charge in [-0.1, -0.05) is 0 Å². The second-order valence-corrected chi connectivity index (χ2v) is 11.5. The van der Waals surface area contributed by atoms with Crippen molar-refractivity contribution < 1.29 is 23.8 Å². The van der Waals surface area contributed by atoms with Crippen LogP contribution >= 0.6 is 0 Å². The third-order valence-electron chi connectivity index (χ3n) is 5.72. The van der Waals surface area contributed by atoms with E-state index in [2.05, 4.69) is 10.2 Å². The van der Waals surface area contributed by atoms with Gasteiger partial charge in [0.1, 0.15) is 22.3 Å². The predicted molar refractivity (Wildman–Crippen MR) is 132 cm³/mol. The monoisotopic (exact) mass is 498 g/mol. The van der Waals surface area contributed by atoms with Crippen molar-refractivity contribution in [3.8, 4) is 17.1 Å². The van der Waals surface area contributed by atoms with Gasteiger partial charge in [0, 0.05) is 37.7 Å². The molecule has 0 spiro atoms. The zero-order valence-corrected chi connectivity index (χ0v) is 22.1. The zero-order chi connectivity index (χ0) is 26.5. The van der Waals surface area contributed by atoms with Gasteiger partial charge < -0.3 is 19.1 Å². The van der Waals surface area contributed by atoms with Gasteiger partial charge in [0.25, 0.3) is 0 Å². The molecule has 1 aliphatic carbocycles. The molecule has 0 saturated heterocycles. The van der Waals surface area contributed by atoms with Gasteiger partial charge in [0.05, 0.1) is 24.3 Å². The van der Waals surface area contributed by atoms with Gasteiger partial charge in [0.2, 0.25) is 5.88 Å². The van der Waals surface area contributed by atoms with Crippen molar-refractivity contribution in [3.63, 3.8) is 0 Å². The lowest BCUT2D eigenvalue weighted by atomic mass is 9.76. The first-order chi connectivity index (χ1) is 16.6. The van der Waals surface area contributed by atoms with Crippen LogP contribution in [0.25, 0.3) is 16.8 Å². The lowest BCUT2D eigenvalue weighted by molar-refractivity contribution is -0.0588. The molecule has 3 aromatic rings. The summed E-state index contributed by atoms with van der Waals surface area (Å²) in [6.07, 6.45) is 6.86. The third kappa shape index (κ3) is 5.60. The van der Waals surface area contributed by atoms with Crippen LogP contribution in [0, 0.1) is 0 Å². The number of amides is 1. The van der Waals surface area contributed by atoms with Gasteiger partial charge >= 0.3 is 12.2 Å². The number of hydrogen-bond acceptors (Lipinski definition) is 8. The normalized spacial score (nSPS) is 20.1. The highest BCUT2D eigenvalue weighted by molar-refractivity contribution is 5.72. The molecule has 0 unspecified atom stereocenters. The van der Waals surface area contributed by atoms with E-state index in [1.54, 1.807) is 62.0 Å². The van der Waals surface area contributed by atoms with Crippen molar-refractivity contribution in [3.05, 3.63) is 30.9 Å². The largest absolute Gasteiger partial charge is 0.470 e. The van der Waals surface area contributed by atoms with Crippen molar-refractivity contribution in [2.75, 3.05) is 7.05 Å². The molecular weight excluding hydrogens is 464 g/mol. The van der Waals surface area contributed by atoms with Crippen molar-refractivity contribution in [1.82, 2.24) is 29.3 Å². The van der Waals surface area contributed by atoms with Gasteiger partial charge in [0.15, 0.2) is 0 Å². The maximum Gasteiger partial charge on any atom is 0.435 e. The molecule has 1 fully saturated rings. The molecule has 0 radical (unpaired) electrons. The molecule has 194 valence electrons. The number of carbonyl (C=O) groups excluding carboxylic acids is 2. The van der Waals surface area contributed by atoms with Crippen LogP contribution in [0.2, 0.25) is 0 Å². The molecule has 11 nitrogen and oxygen atoms in total. The Balaban J connectivity index is 1.51. The molecule has 0 bridgehead atoms. The molecular formula is C25H34N6O5. The highest BCUT2D eigenvalue weighted by Crippen LogP contribution is 2.40.